The molecule has 3 saturated carbocycles. The van der Waals surface area contributed by atoms with E-state index in [9.17, 15) is 38.4 Å². The van der Waals surface area contributed by atoms with Crippen LogP contribution in [0.3, 0.4) is 0 Å². The van der Waals surface area contributed by atoms with Crippen LogP contribution in [0.5, 0.6) is 0 Å². The van der Waals surface area contributed by atoms with Gasteiger partial charge in [0.1, 0.15) is 11.6 Å². The van der Waals surface area contributed by atoms with Gasteiger partial charge in [-0.2, -0.15) is 0 Å². The van der Waals surface area contributed by atoms with Crippen molar-refractivity contribution in [1.29, 1.82) is 0 Å². The zero-order valence-corrected chi connectivity index (χ0v) is 51.5. The molecule has 87 heavy (non-hydrogen) atoms. The summed E-state index contributed by atoms with van der Waals surface area (Å²) in [6.07, 6.45) is 12.4. The molecule has 0 aromatic heterocycles. The Labute approximate surface area is 513 Å². The quantitative estimate of drug-likeness (QED) is 0.0256. The molecule has 3 aliphatic carbocycles. The van der Waals surface area contributed by atoms with E-state index >= 15 is 0 Å². The van der Waals surface area contributed by atoms with Crippen LogP contribution >= 0.6 is 0 Å². The van der Waals surface area contributed by atoms with Crippen LogP contribution in [-0.2, 0) is 33.4 Å². The van der Waals surface area contributed by atoms with Crippen molar-refractivity contribution in [1.82, 2.24) is 36.4 Å². The van der Waals surface area contributed by atoms with Crippen LogP contribution in [0.2, 0.25) is 0 Å². The number of likely N-dealkylation sites (tertiary alicyclic amines) is 2. The molecule has 0 unspecified atom stereocenters. The number of amides is 7. The molecule has 17 heteroatoms. The lowest BCUT2D eigenvalue weighted by Crippen LogP contribution is -2.47. The highest BCUT2D eigenvalue weighted by Gasteiger charge is 2.50. The van der Waals surface area contributed by atoms with Crippen molar-refractivity contribution >= 4 is 47.5 Å². The number of nitrogens with zero attached hydrogens (tertiary/aromatic N) is 2. The van der Waals surface area contributed by atoms with Gasteiger partial charge in [-0.15, -0.1) is 0 Å². The van der Waals surface area contributed by atoms with Crippen LogP contribution in [-0.4, -0.2) is 126 Å². The van der Waals surface area contributed by atoms with Crippen molar-refractivity contribution in [2.24, 2.45) is 29.6 Å². The van der Waals surface area contributed by atoms with Crippen LogP contribution in [0.1, 0.15) is 180 Å². The Kier molecular flexibility index (Phi) is 22.0. The third-order valence-electron chi connectivity index (χ3n) is 18.2. The average Bonchev–Trinajstić information content (AvgIpc) is 2.27. The second-order valence-electron chi connectivity index (χ2n) is 26.0. The number of nitrogens with one attached hydrogen (secondary N) is 5. The number of hydrogen-bond donors (Lipinski definition) is 5. The molecule has 12 atom stereocenters. The number of carbonyl (C=O) groups excluding carboxylic acids is 8. The Morgan fingerprint density at radius 2 is 0.851 bits per heavy atom. The van der Waals surface area contributed by atoms with Crippen molar-refractivity contribution in [2.75, 3.05) is 39.3 Å². The van der Waals surface area contributed by atoms with Gasteiger partial charge in [0.2, 0.25) is 23.6 Å². The van der Waals surface area contributed by atoms with Gasteiger partial charge in [-0.3, -0.25) is 28.8 Å². The summed E-state index contributed by atoms with van der Waals surface area (Å²) < 4.78 is 10.9. The molecule has 0 spiro atoms. The summed E-state index contributed by atoms with van der Waals surface area (Å²) in [4.78, 5) is 113. The molecule has 4 aromatic rings. The normalized spacial score (nSPS) is 24.2. The third-order valence-corrected chi connectivity index (χ3v) is 18.2. The lowest BCUT2D eigenvalue weighted by Gasteiger charge is -2.25. The zero-order valence-electron chi connectivity index (χ0n) is 51.5. The van der Waals surface area contributed by atoms with Gasteiger partial charge in [0, 0.05) is 79.7 Å². The number of unbranched alkanes of at least 4 members (excludes halogenated alkanes) is 9. The number of hydrogen-bond acceptors (Lipinski definition) is 10. The van der Waals surface area contributed by atoms with Gasteiger partial charge in [0.25, 0.3) is 11.8 Å². The molecule has 466 valence electrons. The summed E-state index contributed by atoms with van der Waals surface area (Å²) >= 11 is 0. The molecule has 7 amide bonds. The first-order valence-corrected chi connectivity index (χ1v) is 32.1. The van der Waals surface area contributed by atoms with Gasteiger partial charge >= 0.3 is 12.1 Å². The molecule has 5 N–H and O–H groups in total. The van der Waals surface area contributed by atoms with E-state index in [1.165, 1.54) is 0 Å². The molecular formula is C70H91N7O10. The summed E-state index contributed by atoms with van der Waals surface area (Å²) in [5, 5.41) is 15.4. The molecular weight excluding hydrogens is 1100 g/mol. The van der Waals surface area contributed by atoms with E-state index in [1.54, 1.807) is 54.8 Å². The average molecular weight is 1190 g/mol. The predicted octanol–water partition coefficient (Wildman–Crippen LogP) is 9.58. The molecule has 2 heterocycles. The molecule has 17 nitrogen and oxygen atoms in total. The van der Waals surface area contributed by atoms with Gasteiger partial charge < -0.3 is 45.9 Å². The largest absolute Gasteiger partial charge is 0.464 e. The molecule has 9 rings (SSSR count). The molecule has 0 radical (unpaired) electrons. The fourth-order valence-corrected chi connectivity index (χ4v) is 12.6. The third kappa shape index (κ3) is 17.8. The molecule has 4 aromatic carbocycles. The molecule has 2 saturated heterocycles. The fraction of sp³-hybridized carbons (Fsp3) is 0.543. The molecule has 2 aliphatic heterocycles. The first kappa shape index (κ1) is 63.9. The number of carbonyl (C=O) groups is 8. The Balaban J connectivity index is 0.729. The zero-order chi connectivity index (χ0) is 61.6. The van der Waals surface area contributed by atoms with Crippen LogP contribution in [0.25, 0.3) is 0 Å². The van der Waals surface area contributed by atoms with E-state index < -0.39 is 47.4 Å². The standard InChI is InChI=1S/C70H91N7O10/c1-6-45(2)61(75-69(85)87-70(3,4)5)68(84)86-37-25-14-12-10-8-7-9-11-13-24-36-71-62(78)54-41-76(42-55(54)63(79)72-58-38-51(58)46-26-18-15-19-27-46)66(82)49-32-34-50(35-33-49)67(83)77-43-56(64(80)73-59-39-52(59)47-28-20-16-21-29-47)57(44-77)65(81)74-60-40-53(60)48-30-22-17-23-31-48/h15-23,26-35,45,51-61H,6-14,24-25,36-44H2,1-5H3,(H,71,78)(H,72,79)(H,73,80)(H,74,81)(H,75,85)/t45-,51+,52+,53+,54+,55+,56+,57+,58-,59-,60-,61-/m0/s1. The minimum atomic E-state index is -0.759. The topological polar surface area (TPSA) is 222 Å². The molecule has 0 bridgehead atoms. The highest BCUT2D eigenvalue weighted by Crippen LogP contribution is 2.44. The van der Waals surface area contributed by atoms with Gasteiger partial charge in [-0.1, -0.05) is 163 Å². The Morgan fingerprint density at radius 1 is 0.494 bits per heavy atom. The van der Waals surface area contributed by atoms with E-state index in [0.29, 0.717) is 30.7 Å². The number of benzene rings is 4. The van der Waals surface area contributed by atoms with Gasteiger partial charge in [0.15, 0.2) is 0 Å². The summed E-state index contributed by atoms with van der Waals surface area (Å²) in [6, 6.07) is 35.6. The Morgan fingerprint density at radius 3 is 1.22 bits per heavy atom. The highest BCUT2D eigenvalue weighted by molar-refractivity contribution is 6.00. The lowest BCUT2D eigenvalue weighted by atomic mass is 9.94. The van der Waals surface area contributed by atoms with Crippen molar-refractivity contribution < 1.29 is 47.8 Å². The maximum atomic E-state index is 14.3. The lowest BCUT2D eigenvalue weighted by molar-refractivity contribution is -0.147. The summed E-state index contributed by atoms with van der Waals surface area (Å²) in [5.74, 6) is -4.63. The number of rotatable bonds is 29. The van der Waals surface area contributed by atoms with E-state index in [1.807, 2.05) is 68.4 Å². The van der Waals surface area contributed by atoms with Crippen LogP contribution < -0.4 is 26.6 Å². The van der Waals surface area contributed by atoms with E-state index in [-0.39, 0.29) is 103 Å². The molecule has 5 fully saturated rings. The first-order valence-electron chi connectivity index (χ1n) is 32.1. The van der Waals surface area contributed by atoms with E-state index in [4.69, 9.17) is 9.47 Å². The Bertz CT molecular complexity index is 2920. The Hall–Kier alpha value is -7.56. The summed E-state index contributed by atoms with van der Waals surface area (Å²) in [6.45, 7) is 10.2. The number of esters is 1. The van der Waals surface area contributed by atoms with Gasteiger partial charge in [0.05, 0.1) is 30.3 Å². The first-order chi connectivity index (χ1) is 42.0. The molecule has 5 aliphatic rings. The SMILES string of the molecule is CC[C@H](C)[C@H](NC(=O)OC(C)(C)C)C(=O)OCCCCCCCCCCCCNC(=O)[C@@H]1CN(C(=O)c2ccc(C(=O)N3C[C@@H](C(=O)N[C@H]4C[C@@H]4c4ccccc4)[C@H](C(=O)N[C@H]4C[C@@H]4c4ccccc4)C3)cc2)C[C@H]1C(=O)N[C@H]1C[C@@H]1c1ccccc1. The minimum Gasteiger partial charge on any atom is -0.464 e. The van der Waals surface area contributed by atoms with Crippen molar-refractivity contribution in [2.45, 2.75) is 172 Å². The van der Waals surface area contributed by atoms with Crippen LogP contribution in [0, 0.1) is 29.6 Å². The van der Waals surface area contributed by atoms with Crippen molar-refractivity contribution in [3.8, 4) is 0 Å². The summed E-state index contributed by atoms with van der Waals surface area (Å²) in [5.41, 5.74) is 3.41. The second kappa shape index (κ2) is 29.9. The number of ether oxygens (including phenoxy) is 2. The number of alkyl carbamates (subject to hydrolysis) is 1. The maximum absolute atomic E-state index is 14.3. The monoisotopic (exact) mass is 1190 g/mol. The minimum absolute atomic E-state index is 0.0470. The van der Waals surface area contributed by atoms with Gasteiger partial charge in [-0.25, -0.2) is 9.59 Å². The second-order valence-corrected chi connectivity index (χ2v) is 26.0. The summed E-state index contributed by atoms with van der Waals surface area (Å²) in [7, 11) is 0. The van der Waals surface area contributed by atoms with E-state index in [2.05, 4.69) is 63.0 Å². The van der Waals surface area contributed by atoms with Crippen LogP contribution in [0.15, 0.2) is 115 Å². The fourth-order valence-electron chi connectivity index (χ4n) is 12.6. The predicted molar refractivity (Wildman–Crippen MR) is 332 cm³/mol. The highest BCUT2D eigenvalue weighted by atomic mass is 16.6. The van der Waals surface area contributed by atoms with Crippen LogP contribution in [0.4, 0.5) is 4.79 Å². The smallest absolute Gasteiger partial charge is 0.408 e. The maximum Gasteiger partial charge on any atom is 0.408 e. The van der Waals surface area contributed by atoms with E-state index in [0.717, 1.165) is 100 Å². The van der Waals surface area contributed by atoms with Gasteiger partial charge in [-0.05, 0) is 99.7 Å². The van der Waals surface area contributed by atoms with Crippen molar-refractivity contribution in [3.63, 3.8) is 0 Å². The van der Waals surface area contributed by atoms with Crippen molar-refractivity contribution in [3.05, 3.63) is 143 Å².